The van der Waals surface area contributed by atoms with Crippen LogP contribution in [0.3, 0.4) is 0 Å². The molecule has 4 aromatic rings. The summed E-state index contributed by atoms with van der Waals surface area (Å²) in [5.74, 6) is -0.116. The van der Waals surface area contributed by atoms with Crippen molar-refractivity contribution < 1.29 is 4.39 Å². The molecule has 0 radical (unpaired) electrons. The van der Waals surface area contributed by atoms with Gasteiger partial charge in [0.15, 0.2) is 11.6 Å². The van der Waals surface area contributed by atoms with E-state index in [1.54, 1.807) is 28.9 Å². The lowest BCUT2D eigenvalue weighted by Crippen LogP contribution is -2.04. The van der Waals surface area contributed by atoms with E-state index in [1.165, 1.54) is 6.20 Å². The third-order valence-electron chi connectivity index (χ3n) is 3.53. The summed E-state index contributed by atoms with van der Waals surface area (Å²) in [7, 11) is 0. The van der Waals surface area contributed by atoms with E-state index in [4.69, 9.17) is 11.6 Å². The van der Waals surface area contributed by atoms with Crippen molar-refractivity contribution in [1.82, 2.24) is 24.7 Å². The van der Waals surface area contributed by atoms with E-state index >= 15 is 0 Å². The van der Waals surface area contributed by atoms with Crippen molar-refractivity contribution in [3.63, 3.8) is 0 Å². The first-order valence-corrected chi connectivity index (χ1v) is 7.34. The highest BCUT2D eigenvalue weighted by atomic mass is 35.5. The molecular weight excluding hydrogens is 333 g/mol. The van der Waals surface area contributed by atoms with Crippen LogP contribution in [0, 0.1) is 5.82 Å². The van der Waals surface area contributed by atoms with Crippen LogP contribution in [0.25, 0.3) is 28.0 Å². The van der Waals surface area contributed by atoms with Crippen molar-refractivity contribution in [3.05, 3.63) is 70.2 Å². The maximum absolute atomic E-state index is 13.0. The van der Waals surface area contributed by atoms with Gasteiger partial charge in [-0.2, -0.15) is 0 Å². The molecule has 0 aliphatic carbocycles. The smallest absolute Gasteiger partial charge is 0.267 e. The lowest BCUT2D eigenvalue weighted by atomic mass is 10.2. The summed E-state index contributed by atoms with van der Waals surface area (Å²) in [6.45, 7) is 0. The Bertz CT molecular complexity index is 1100. The highest BCUT2D eigenvalue weighted by molar-refractivity contribution is 6.30. The molecule has 0 fully saturated rings. The molecule has 1 N–H and O–H groups in total. The van der Waals surface area contributed by atoms with Crippen molar-refractivity contribution in [2.24, 2.45) is 0 Å². The first-order valence-electron chi connectivity index (χ1n) is 6.96. The van der Waals surface area contributed by atoms with Crippen LogP contribution in [0.5, 0.6) is 0 Å². The van der Waals surface area contributed by atoms with Crippen LogP contribution in [-0.4, -0.2) is 24.7 Å². The molecule has 0 saturated heterocycles. The SMILES string of the molecule is O=c1[nH]n(-c2cccc(-c3ncc(F)cn3)c2)c2cc(Cl)ncc12. The molecule has 0 unspecified atom stereocenters. The predicted octanol–water partition coefficient (Wildman–Crippen LogP) is 2.96. The van der Waals surface area contributed by atoms with Crippen LogP contribution in [0.2, 0.25) is 5.15 Å². The van der Waals surface area contributed by atoms with Gasteiger partial charge in [0.1, 0.15) is 5.15 Å². The number of fused-ring (bicyclic) bond motifs is 1. The Morgan fingerprint density at radius 1 is 1.08 bits per heavy atom. The number of aromatic nitrogens is 5. The van der Waals surface area contributed by atoms with Gasteiger partial charge in [0.05, 0.1) is 29.0 Å². The van der Waals surface area contributed by atoms with E-state index in [0.29, 0.717) is 28.0 Å². The number of rotatable bonds is 2. The topological polar surface area (TPSA) is 76.5 Å². The largest absolute Gasteiger partial charge is 0.273 e. The second-order valence-corrected chi connectivity index (χ2v) is 5.46. The second kappa shape index (κ2) is 5.54. The fourth-order valence-electron chi connectivity index (χ4n) is 2.45. The average molecular weight is 342 g/mol. The van der Waals surface area contributed by atoms with Gasteiger partial charge >= 0.3 is 0 Å². The van der Waals surface area contributed by atoms with Crippen LogP contribution in [0.4, 0.5) is 4.39 Å². The molecule has 0 bridgehead atoms. The van der Waals surface area contributed by atoms with Gasteiger partial charge in [0.25, 0.3) is 5.56 Å². The number of H-pyrrole nitrogens is 1. The number of halogens is 2. The molecule has 24 heavy (non-hydrogen) atoms. The molecule has 3 heterocycles. The molecule has 0 aliphatic heterocycles. The number of hydrogen-bond donors (Lipinski definition) is 1. The van der Waals surface area contributed by atoms with Gasteiger partial charge in [-0.3, -0.25) is 14.6 Å². The quantitative estimate of drug-likeness (QED) is 0.569. The first-order chi connectivity index (χ1) is 11.6. The predicted molar refractivity (Wildman–Crippen MR) is 87.7 cm³/mol. The van der Waals surface area contributed by atoms with Gasteiger partial charge in [-0.15, -0.1) is 0 Å². The van der Waals surface area contributed by atoms with Crippen LogP contribution in [0.15, 0.2) is 53.7 Å². The summed E-state index contributed by atoms with van der Waals surface area (Å²) in [5.41, 5.74) is 1.72. The molecule has 0 amide bonds. The molecule has 1 aromatic carbocycles. The lowest BCUT2D eigenvalue weighted by molar-refractivity contribution is 0.614. The van der Waals surface area contributed by atoms with E-state index < -0.39 is 5.82 Å². The molecule has 0 saturated carbocycles. The molecule has 3 aromatic heterocycles. The van der Waals surface area contributed by atoms with Crippen molar-refractivity contribution >= 4 is 22.5 Å². The molecule has 4 rings (SSSR count). The summed E-state index contributed by atoms with van der Waals surface area (Å²) in [6.07, 6.45) is 3.64. The number of aromatic amines is 1. The Balaban J connectivity index is 1.89. The molecule has 6 nitrogen and oxygen atoms in total. The maximum atomic E-state index is 13.0. The van der Waals surface area contributed by atoms with Crippen LogP contribution in [0.1, 0.15) is 0 Å². The standard InChI is InChI=1S/C16H9ClFN5O/c17-14-5-13-12(8-19-14)16(24)22-23(13)11-3-1-2-9(4-11)15-20-6-10(18)7-21-15/h1-8H,(H,22,24). The highest BCUT2D eigenvalue weighted by Gasteiger charge is 2.11. The minimum Gasteiger partial charge on any atom is -0.267 e. The third-order valence-corrected chi connectivity index (χ3v) is 3.74. The minimum atomic E-state index is -0.502. The zero-order valence-electron chi connectivity index (χ0n) is 12.1. The zero-order chi connectivity index (χ0) is 16.7. The normalized spacial score (nSPS) is 11.1. The number of nitrogens with one attached hydrogen (secondary N) is 1. The minimum absolute atomic E-state index is 0.266. The third kappa shape index (κ3) is 2.44. The van der Waals surface area contributed by atoms with Gasteiger partial charge in [-0.25, -0.2) is 19.3 Å². The molecule has 118 valence electrons. The first kappa shape index (κ1) is 14.5. The van der Waals surface area contributed by atoms with E-state index in [9.17, 15) is 9.18 Å². The van der Waals surface area contributed by atoms with Crippen LogP contribution in [-0.2, 0) is 0 Å². The van der Waals surface area contributed by atoms with Crippen LogP contribution >= 0.6 is 11.6 Å². The fourth-order valence-corrected chi connectivity index (χ4v) is 2.60. The highest BCUT2D eigenvalue weighted by Crippen LogP contribution is 2.22. The number of nitrogens with zero attached hydrogens (tertiary/aromatic N) is 4. The molecule has 0 spiro atoms. The Kier molecular flexibility index (Phi) is 3.35. The summed E-state index contributed by atoms with van der Waals surface area (Å²) in [5, 5.41) is 3.46. The molecular formula is C16H9ClFN5O. The summed E-state index contributed by atoms with van der Waals surface area (Å²) >= 11 is 5.93. The van der Waals surface area contributed by atoms with Crippen molar-refractivity contribution in [1.29, 1.82) is 0 Å². The lowest BCUT2D eigenvalue weighted by Gasteiger charge is -2.07. The average Bonchev–Trinajstić information content (AvgIpc) is 2.92. The van der Waals surface area contributed by atoms with Gasteiger partial charge in [-0.1, -0.05) is 23.7 Å². The fraction of sp³-hybridized carbons (Fsp3) is 0. The molecule has 0 aliphatic rings. The second-order valence-electron chi connectivity index (χ2n) is 5.08. The Labute approximate surface area is 139 Å². The monoisotopic (exact) mass is 341 g/mol. The molecule has 8 heteroatoms. The van der Waals surface area contributed by atoms with Crippen molar-refractivity contribution in [2.45, 2.75) is 0 Å². The Hall–Kier alpha value is -3.06. The number of hydrogen-bond acceptors (Lipinski definition) is 4. The van der Waals surface area contributed by atoms with Crippen LogP contribution < -0.4 is 5.56 Å². The summed E-state index contributed by atoms with van der Waals surface area (Å²) in [6, 6.07) is 8.81. The van der Waals surface area contributed by atoms with Gasteiger partial charge in [0, 0.05) is 17.8 Å². The van der Waals surface area contributed by atoms with Gasteiger partial charge in [-0.05, 0) is 12.1 Å². The maximum Gasteiger partial charge on any atom is 0.273 e. The van der Waals surface area contributed by atoms with Crippen molar-refractivity contribution in [3.8, 4) is 17.1 Å². The van der Waals surface area contributed by atoms with E-state index in [0.717, 1.165) is 12.4 Å². The van der Waals surface area contributed by atoms with E-state index in [1.807, 2.05) is 6.07 Å². The number of benzene rings is 1. The summed E-state index contributed by atoms with van der Waals surface area (Å²) < 4.78 is 14.6. The van der Waals surface area contributed by atoms with Gasteiger partial charge < -0.3 is 0 Å². The summed E-state index contributed by atoms with van der Waals surface area (Å²) in [4.78, 5) is 23.9. The van der Waals surface area contributed by atoms with Crippen molar-refractivity contribution in [2.75, 3.05) is 0 Å². The van der Waals surface area contributed by atoms with E-state index in [-0.39, 0.29) is 10.7 Å². The number of pyridine rings is 1. The zero-order valence-corrected chi connectivity index (χ0v) is 12.8. The Morgan fingerprint density at radius 2 is 1.88 bits per heavy atom. The van der Waals surface area contributed by atoms with Gasteiger partial charge in [0.2, 0.25) is 0 Å². The molecule has 0 atom stereocenters. The van der Waals surface area contributed by atoms with E-state index in [2.05, 4.69) is 20.1 Å². The Morgan fingerprint density at radius 3 is 2.67 bits per heavy atom.